The quantitative estimate of drug-likeness (QED) is 0.844. The third-order valence-electron chi connectivity index (χ3n) is 4.94. The Labute approximate surface area is 142 Å². The summed E-state index contributed by atoms with van der Waals surface area (Å²) in [5.41, 5.74) is 3.21. The molecule has 2 aromatic heterocycles. The summed E-state index contributed by atoms with van der Waals surface area (Å²) in [6.07, 6.45) is 6.11. The van der Waals surface area contributed by atoms with E-state index in [2.05, 4.69) is 9.88 Å². The van der Waals surface area contributed by atoms with E-state index in [0.29, 0.717) is 12.6 Å². The number of likely N-dealkylation sites (tertiary alicyclic amines) is 1. The summed E-state index contributed by atoms with van der Waals surface area (Å²) in [7, 11) is 0. The number of fused-ring (bicyclic) bond motifs is 1. The van der Waals surface area contributed by atoms with Crippen molar-refractivity contribution >= 4 is 0 Å². The second-order valence-corrected chi connectivity index (χ2v) is 6.73. The minimum Gasteiger partial charge on any atom is -0.472 e. The van der Waals surface area contributed by atoms with E-state index in [1.54, 1.807) is 6.26 Å². The van der Waals surface area contributed by atoms with Crippen LogP contribution in [0.25, 0.3) is 0 Å². The lowest BCUT2D eigenvalue weighted by Crippen LogP contribution is -2.41. The smallest absolute Gasteiger partial charge is 0.100 e. The van der Waals surface area contributed by atoms with E-state index in [0.717, 1.165) is 37.5 Å². The molecule has 5 heteroatoms. The van der Waals surface area contributed by atoms with Crippen LogP contribution in [-0.2, 0) is 22.6 Å². The van der Waals surface area contributed by atoms with Gasteiger partial charge in [0.1, 0.15) is 6.10 Å². The van der Waals surface area contributed by atoms with E-state index in [-0.39, 0.29) is 12.2 Å². The third-order valence-corrected chi connectivity index (χ3v) is 4.94. The van der Waals surface area contributed by atoms with Crippen LogP contribution in [0.2, 0.25) is 0 Å². The molecule has 5 nitrogen and oxygen atoms in total. The number of furan rings is 1. The summed E-state index contributed by atoms with van der Waals surface area (Å²) in [6, 6.07) is 8.52. The molecular formula is C19H24N2O3. The van der Waals surface area contributed by atoms with E-state index in [9.17, 15) is 0 Å². The molecule has 2 saturated heterocycles. The molecule has 0 unspecified atom stereocenters. The Hall–Kier alpha value is -1.69. The van der Waals surface area contributed by atoms with Gasteiger partial charge in [-0.1, -0.05) is 6.07 Å². The van der Waals surface area contributed by atoms with Gasteiger partial charge >= 0.3 is 0 Å². The Kier molecular flexibility index (Phi) is 4.65. The first-order valence-corrected chi connectivity index (χ1v) is 8.70. The molecule has 0 bridgehead atoms. The van der Waals surface area contributed by atoms with Gasteiger partial charge in [-0.25, -0.2) is 0 Å². The van der Waals surface area contributed by atoms with Crippen LogP contribution >= 0.6 is 0 Å². The van der Waals surface area contributed by atoms with Crippen molar-refractivity contribution in [3.05, 3.63) is 53.7 Å². The van der Waals surface area contributed by atoms with Crippen LogP contribution in [-0.4, -0.2) is 41.3 Å². The molecule has 0 amide bonds. The molecule has 2 aliphatic heterocycles. The van der Waals surface area contributed by atoms with Crippen LogP contribution in [0.1, 0.15) is 29.8 Å². The van der Waals surface area contributed by atoms with Crippen molar-refractivity contribution in [2.24, 2.45) is 0 Å². The molecule has 2 aromatic rings. The van der Waals surface area contributed by atoms with Crippen LogP contribution < -0.4 is 0 Å². The van der Waals surface area contributed by atoms with Crippen molar-refractivity contribution < 1.29 is 13.9 Å². The zero-order chi connectivity index (χ0) is 16.4. The molecular weight excluding hydrogens is 304 g/mol. The van der Waals surface area contributed by atoms with Gasteiger partial charge < -0.3 is 13.9 Å². The zero-order valence-electron chi connectivity index (χ0n) is 14.1. The van der Waals surface area contributed by atoms with Gasteiger partial charge in [0.05, 0.1) is 30.9 Å². The maximum atomic E-state index is 6.21. The van der Waals surface area contributed by atoms with Gasteiger partial charge in [0.2, 0.25) is 0 Å². The number of pyridine rings is 1. The predicted octanol–water partition coefficient (Wildman–Crippen LogP) is 2.93. The minimum atomic E-state index is 0.101. The number of aryl methyl sites for hydroxylation is 1. The normalized spacial score (nSPS) is 27.3. The first kappa shape index (κ1) is 15.8. The van der Waals surface area contributed by atoms with Crippen molar-refractivity contribution in [1.29, 1.82) is 0 Å². The molecule has 128 valence electrons. The SMILES string of the molecule is Cc1cccc(CO[C@@H]2CN(Cc3ccoc3)[C@@H]3CCCO[C@@H]32)n1. The molecule has 3 atom stereocenters. The van der Waals surface area contributed by atoms with Gasteiger partial charge in [0, 0.05) is 37.0 Å². The molecule has 0 spiro atoms. The molecule has 4 heterocycles. The highest BCUT2D eigenvalue weighted by Crippen LogP contribution is 2.32. The monoisotopic (exact) mass is 328 g/mol. The molecule has 0 aliphatic carbocycles. The van der Waals surface area contributed by atoms with Crippen molar-refractivity contribution in [1.82, 2.24) is 9.88 Å². The van der Waals surface area contributed by atoms with Crippen molar-refractivity contribution in [2.75, 3.05) is 13.2 Å². The van der Waals surface area contributed by atoms with Gasteiger partial charge in [0.25, 0.3) is 0 Å². The topological polar surface area (TPSA) is 47.7 Å². The van der Waals surface area contributed by atoms with E-state index in [1.165, 1.54) is 12.0 Å². The zero-order valence-corrected chi connectivity index (χ0v) is 14.1. The van der Waals surface area contributed by atoms with Gasteiger partial charge in [-0.2, -0.15) is 0 Å². The molecule has 0 aromatic carbocycles. The number of nitrogens with zero attached hydrogens (tertiary/aromatic N) is 2. The largest absolute Gasteiger partial charge is 0.472 e. The van der Waals surface area contributed by atoms with Crippen LogP contribution in [0.3, 0.4) is 0 Å². The summed E-state index contributed by atoms with van der Waals surface area (Å²) in [5.74, 6) is 0. The van der Waals surface area contributed by atoms with Crippen LogP contribution in [0, 0.1) is 6.92 Å². The summed E-state index contributed by atoms with van der Waals surface area (Å²) < 4.78 is 17.5. The number of rotatable bonds is 5. The Bertz CT molecular complexity index is 658. The lowest BCUT2D eigenvalue weighted by molar-refractivity contribution is -0.0824. The second kappa shape index (κ2) is 7.05. The average Bonchev–Trinajstić information content (AvgIpc) is 3.22. The number of aromatic nitrogens is 1. The Morgan fingerprint density at radius 2 is 2.29 bits per heavy atom. The first-order chi connectivity index (χ1) is 11.8. The van der Waals surface area contributed by atoms with Crippen molar-refractivity contribution in [2.45, 2.75) is 51.2 Å². The molecule has 4 rings (SSSR count). The second-order valence-electron chi connectivity index (χ2n) is 6.73. The number of ether oxygens (including phenoxy) is 2. The highest BCUT2D eigenvalue weighted by Gasteiger charge is 2.44. The van der Waals surface area contributed by atoms with Crippen LogP contribution in [0.5, 0.6) is 0 Å². The lowest BCUT2D eigenvalue weighted by Gasteiger charge is -2.32. The highest BCUT2D eigenvalue weighted by molar-refractivity contribution is 5.10. The summed E-state index contributed by atoms with van der Waals surface area (Å²) in [4.78, 5) is 7.00. The molecule has 0 saturated carbocycles. The van der Waals surface area contributed by atoms with E-state index >= 15 is 0 Å². The van der Waals surface area contributed by atoms with Crippen LogP contribution in [0.15, 0.2) is 41.2 Å². The number of hydrogen-bond donors (Lipinski definition) is 0. The van der Waals surface area contributed by atoms with E-state index < -0.39 is 0 Å². The molecule has 2 fully saturated rings. The van der Waals surface area contributed by atoms with Gasteiger partial charge in [-0.15, -0.1) is 0 Å². The lowest BCUT2D eigenvalue weighted by atomic mass is 10.0. The molecule has 0 radical (unpaired) electrons. The first-order valence-electron chi connectivity index (χ1n) is 8.70. The molecule has 0 N–H and O–H groups in total. The Balaban J connectivity index is 1.42. The van der Waals surface area contributed by atoms with E-state index in [4.69, 9.17) is 13.9 Å². The Morgan fingerprint density at radius 1 is 1.33 bits per heavy atom. The Morgan fingerprint density at radius 3 is 3.12 bits per heavy atom. The minimum absolute atomic E-state index is 0.101. The summed E-state index contributed by atoms with van der Waals surface area (Å²) in [6.45, 7) is 5.17. The van der Waals surface area contributed by atoms with Gasteiger partial charge in [-0.3, -0.25) is 9.88 Å². The third kappa shape index (κ3) is 3.38. The van der Waals surface area contributed by atoms with E-state index in [1.807, 2.05) is 37.5 Å². The average molecular weight is 328 g/mol. The maximum absolute atomic E-state index is 6.21. The van der Waals surface area contributed by atoms with Crippen molar-refractivity contribution in [3.8, 4) is 0 Å². The fraction of sp³-hybridized carbons (Fsp3) is 0.526. The molecule has 2 aliphatic rings. The fourth-order valence-corrected chi connectivity index (χ4v) is 3.82. The summed E-state index contributed by atoms with van der Waals surface area (Å²) in [5, 5.41) is 0. The maximum Gasteiger partial charge on any atom is 0.100 e. The standard InChI is InChI=1S/C19H24N2O3/c1-14-4-2-5-16(20-14)13-24-18-11-21(10-15-7-9-22-12-15)17-6-3-8-23-19(17)18/h2,4-5,7,9,12,17-19H,3,6,8,10-11,13H2,1H3/t17-,18-,19+/m1/s1. The fourth-order valence-electron chi connectivity index (χ4n) is 3.82. The number of hydrogen-bond acceptors (Lipinski definition) is 5. The molecule has 24 heavy (non-hydrogen) atoms. The van der Waals surface area contributed by atoms with Crippen molar-refractivity contribution in [3.63, 3.8) is 0 Å². The summed E-state index contributed by atoms with van der Waals surface area (Å²) >= 11 is 0. The van der Waals surface area contributed by atoms with Gasteiger partial charge in [0.15, 0.2) is 0 Å². The predicted molar refractivity (Wildman–Crippen MR) is 89.4 cm³/mol. The highest BCUT2D eigenvalue weighted by atomic mass is 16.5. The van der Waals surface area contributed by atoms with Crippen LogP contribution in [0.4, 0.5) is 0 Å². The van der Waals surface area contributed by atoms with Gasteiger partial charge in [-0.05, 0) is 38.0 Å².